The molecule has 0 fully saturated rings. The Hall–Kier alpha value is -2.08. The number of aromatic nitrogens is 3. The second-order valence-electron chi connectivity index (χ2n) is 3.74. The number of methoxy groups -OCH3 is 2. The molecule has 0 saturated carbocycles. The van der Waals surface area contributed by atoms with Gasteiger partial charge in [0.05, 0.1) is 19.9 Å². The number of aromatic hydroxyl groups is 1. The average molecular weight is 282 g/mol. The van der Waals surface area contributed by atoms with Crippen molar-refractivity contribution in [1.29, 1.82) is 0 Å². The molecule has 0 amide bonds. The molecule has 0 aliphatic carbocycles. The zero-order valence-corrected chi connectivity index (χ0v) is 11.2. The summed E-state index contributed by atoms with van der Waals surface area (Å²) in [5, 5.41) is 21.0. The van der Waals surface area contributed by atoms with Crippen LogP contribution >= 0.6 is 11.6 Å². The molecule has 0 aliphatic heterocycles. The third-order valence-electron chi connectivity index (χ3n) is 2.55. The highest BCUT2D eigenvalue weighted by molar-refractivity contribution is 6.32. The van der Waals surface area contributed by atoms with E-state index in [4.69, 9.17) is 21.1 Å². The number of hydrogen-bond acceptors (Lipinski definition) is 6. The Morgan fingerprint density at radius 3 is 2.68 bits per heavy atom. The minimum absolute atomic E-state index is 0.0794. The van der Waals surface area contributed by atoms with Crippen molar-refractivity contribution in [2.45, 2.75) is 6.42 Å². The Morgan fingerprint density at radius 2 is 2.00 bits per heavy atom. The quantitative estimate of drug-likeness (QED) is 0.921. The van der Waals surface area contributed by atoms with E-state index in [1.165, 1.54) is 14.2 Å². The standard InChI is InChI=1S/C12H12ClN3O3/c1-18-10-6-7(3-4-9(10)17)5-8-11(13)12(19-2)15-16-14-8/h3-4,6,17H,5H2,1-2H3. The van der Waals surface area contributed by atoms with E-state index in [2.05, 4.69) is 15.4 Å². The second-order valence-corrected chi connectivity index (χ2v) is 4.12. The molecule has 1 aromatic heterocycles. The molecule has 100 valence electrons. The van der Waals surface area contributed by atoms with Crippen LogP contribution in [0.1, 0.15) is 11.3 Å². The van der Waals surface area contributed by atoms with Gasteiger partial charge < -0.3 is 14.6 Å². The molecule has 2 aromatic rings. The zero-order valence-electron chi connectivity index (χ0n) is 10.4. The normalized spacial score (nSPS) is 10.3. The van der Waals surface area contributed by atoms with E-state index in [1.807, 2.05) is 0 Å². The molecule has 0 atom stereocenters. The fraction of sp³-hybridized carbons (Fsp3) is 0.250. The first-order valence-electron chi connectivity index (χ1n) is 5.43. The molecule has 0 unspecified atom stereocenters. The Balaban J connectivity index is 2.31. The first-order chi connectivity index (χ1) is 9.15. The van der Waals surface area contributed by atoms with Gasteiger partial charge in [0.15, 0.2) is 11.5 Å². The van der Waals surface area contributed by atoms with Crippen molar-refractivity contribution < 1.29 is 14.6 Å². The lowest BCUT2D eigenvalue weighted by molar-refractivity contribution is 0.373. The first kappa shape index (κ1) is 13.4. The number of phenols is 1. The Morgan fingerprint density at radius 1 is 1.21 bits per heavy atom. The van der Waals surface area contributed by atoms with Crippen molar-refractivity contribution >= 4 is 11.6 Å². The summed E-state index contributed by atoms with van der Waals surface area (Å²) in [5.41, 5.74) is 1.42. The van der Waals surface area contributed by atoms with Crippen LogP contribution < -0.4 is 9.47 Å². The predicted molar refractivity (Wildman–Crippen MR) is 68.9 cm³/mol. The van der Waals surface area contributed by atoms with Crippen molar-refractivity contribution in [1.82, 2.24) is 15.4 Å². The Kier molecular flexibility index (Phi) is 4.01. The maximum Gasteiger partial charge on any atom is 0.255 e. The van der Waals surface area contributed by atoms with Gasteiger partial charge in [-0.15, -0.1) is 5.10 Å². The van der Waals surface area contributed by atoms with Crippen LogP contribution in [-0.4, -0.2) is 34.7 Å². The minimum Gasteiger partial charge on any atom is -0.504 e. The van der Waals surface area contributed by atoms with E-state index in [0.717, 1.165) is 5.56 Å². The zero-order chi connectivity index (χ0) is 13.8. The van der Waals surface area contributed by atoms with Crippen molar-refractivity contribution in [3.63, 3.8) is 0 Å². The highest BCUT2D eigenvalue weighted by Gasteiger charge is 2.12. The number of phenolic OH excluding ortho intramolecular Hbond substituents is 1. The molecule has 0 radical (unpaired) electrons. The molecule has 6 nitrogen and oxygen atoms in total. The lowest BCUT2D eigenvalue weighted by atomic mass is 10.1. The van der Waals surface area contributed by atoms with E-state index < -0.39 is 0 Å². The number of halogens is 1. The number of nitrogens with zero attached hydrogens (tertiary/aromatic N) is 3. The topological polar surface area (TPSA) is 77.4 Å². The van der Waals surface area contributed by atoms with Gasteiger partial charge in [0.2, 0.25) is 0 Å². The SMILES string of the molecule is COc1cc(Cc2nnnc(OC)c2Cl)ccc1O. The monoisotopic (exact) mass is 281 g/mol. The van der Waals surface area contributed by atoms with Crippen LogP contribution in [0.2, 0.25) is 5.02 Å². The van der Waals surface area contributed by atoms with E-state index >= 15 is 0 Å². The molecule has 7 heteroatoms. The molecule has 1 N–H and O–H groups in total. The van der Waals surface area contributed by atoms with Crippen molar-refractivity contribution in [3.05, 3.63) is 34.5 Å². The maximum absolute atomic E-state index is 9.53. The van der Waals surface area contributed by atoms with Crippen LogP contribution in [0.4, 0.5) is 0 Å². The number of benzene rings is 1. The van der Waals surface area contributed by atoms with E-state index in [0.29, 0.717) is 22.9 Å². The first-order valence-corrected chi connectivity index (χ1v) is 5.81. The second kappa shape index (κ2) is 5.71. The van der Waals surface area contributed by atoms with Crippen LogP contribution in [0.5, 0.6) is 17.4 Å². The average Bonchev–Trinajstić information content (AvgIpc) is 2.43. The Bertz CT molecular complexity index is 592. The summed E-state index contributed by atoms with van der Waals surface area (Å²) in [4.78, 5) is 0. The van der Waals surface area contributed by atoms with Crippen molar-refractivity contribution in [2.24, 2.45) is 0 Å². The molecule has 0 aliphatic rings. The van der Waals surface area contributed by atoms with Gasteiger partial charge in [0.1, 0.15) is 5.02 Å². The van der Waals surface area contributed by atoms with Gasteiger partial charge in [-0.25, -0.2) is 0 Å². The molecule has 0 saturated heterocycles. The molecule has 19 heavy (non-hydrogen) atoms. The van der Waals surface area contributed by atoms with Gasteiger partial charge in [-0.1, -0.05) is 22.8 Å². The molecular weight excluding hydrogens is 270 g/mol. The third kappa shape index (κ3) is 2.85. The van der Waals surface area contributed by atoms with Crippen LogP contribution in [-0.2, 0) is 6.42 Å². The fourth-order valence-electron chi connectivity index (χ4n) is 1.60. The van der Waals surface area contributed by atoms with E-state index in [1.54, 1.807) is 18.2 Å². The number of rotatable bonds is 4. The summed E-state index contributed by atoms with van der Waals surface area (Å²) in [5.74, 6) is 0.704. The lowest BCUT2D eigenvalue weighted by Crippen LogP contribution is -2.01. The van der Waals surface area contributed by atoms with Gasteiger partial charge >= 0.3 is 0 Å². The summed E-state index contributed by atoms with van der Waals surface area (Å²) in [6, 6.07) is 5.01. The van der Waals surface area contributed by atoms with Crippen molar-refractivity contribution in [2.75, 3.05) is 14.2 Å². The van der Waals surface area contributed by atoms with Crippen molar-refractivity contribution in [3.8, 4) is 17.4 Å². The molecule has 2 rings (SSSR count). The van der Waals surface area contributed by atoms with E-state index in [-0.39, 0.29) is 11.6 Å². The molecular formula is C12H12ClN3O3. The maximum atomic E-state index is 9.53. The van der Waals surface area contributed by atoms with Gasteiger partial charge in [0.25, 0.3) is 5.88 Å². The third-order valence-corrected chi connectivity index (χ3v) is 2.93. The summed E-state index contributed by atoms with van der Waals surface area (Å²) in [6.07, 6.45) is 0.432. The number of hydrogen-bond donors (Lipinski definition) is 1. The molecule has 0 bridgehead atoms. The minimum atomic E-state index is 0.0794. The van der Waals surface area contributed by atoms with Crippen LogP contribution in [0.25, 0.3) is 0 Å². The molecule has 1 aromatic carbocycles. The predicted octanol–water partition coefficient (Wildman–Crippen LogP) is 1.84. The van der Waals surface area contributed by atoms with Crippen LogP contribution in [0, 0.1) is 0 Å². The molecule has 1 heterocycles. The lowest BCUT2D eigenvalue weighted by Gasteiger charge is -2.08. The van der Waals surface area contributed by atoms with Gasteiger partial charge in [-0.3, -0.25) is 0 Å². The van der Waals surface area contributed by atoms with Gasteiger partial charge in [0, 0.05) is 6.42 Å². The van der Waals surface area contributed by atoms with Crippen LogP contribution in [0.3, 0.4) is 0 Å². The highest BCUT2D eigenvalue weighted by Crippen LogP contribution is 2.29. The van der Waals surface area contributed by atoms with E-state index in [9.17, 15) is 5.11 Å². The Labute approximate surface area is 115 Å². The molecule has 0 spiro atoms. The summed E-state index contributed by atoms with van der Waals surface area (Å²) < 4.78 is 10.0. The summed E-state index contributed by atoms with van der Waals surface area (Å²) in [6.45, 7) is 0. The fourth-order valence-corrected chi connectivity index (χ4v) is 1.82. The van der Waals surface area contributed by atoms with Gasteiger partial charge in [-0.2, -0.15) is 0 Å². The summed E-state index contributed by atoms with van der Waals surface area (Å²) in [7, 11) is 2.95. The number of ether oxygens (including phenoxy) is 2. The summed E-state index contributed by atoms with van der Waals surface area (Å²) >= 11 is 6.09. The van der Waals surface area contributed by atoms with Gasteiger partial charge in [-0.05, 0) is 22.9 Å². The smallest absolute Gasteiger partial charge is 0.255 e. The largest absolute Gasteiger partial charge is 0.504 e. The van der Waals surface area contributed by atoms with Crippen LogP contribution in [0.15, 0.2) is 18.2 Å². The highest BCUT2D eigenvalue weighted by atomic mass is 35.5.